The first kappa shape index (κ1) is 12.4. The molecule has 1 aromatic heterocycles. The number of aromatic nitrogens is 1. The maximum Gasteiger partial charge on any atom is 0.268 e. The number of para-hydroxylation sites is 1. The molecule has 0 bridgehead atoms. The lowest BCUT2D eigenvalue weighted by Gasteiger charge is -2.15. The largest absolute Gasteiger partial charge is 0.351 e. The summed E-state index contributed by atoms with van der Waals surface area (Å²) < 4.78 is 0. The number of amides is 2. The highest BCUT2D eigenvalue weighted by Gasteiger charge is 2.39. The summed E-state index contributed by atoms with van der Waals surface area (Å²) in [5, 5.41) is 3.98. The van der Waals surface area contributed by atoms with E-state index < -0.39 is 0 Å². The van der Waals surface area contributed by atoms with Gasteiger partial charge in [-0.2, -0.15) is 0 Å². The van der Waals surface area contributed by atoms with E-state index in [1.54, 1.807) is 0 Å². The molecule has 4 rings (SSSR count). The topological polar surface area (TPSA) is 65.2 Å². The minimum atomic E-state index is -0.137. The standard InChI is InChI=1S/C16H17N3O2/c20-15-8-11(9-19(15)12-5-6-12)17-16(21)14-7-10-3-1-2-4-13(10)18-14/h1-4,7,11-12,18H,5-6,8-9H2,(H,17,21)/t11-/m0/s1. The highest BCUT2D eigenvalue weighted by Crippen LogP contribution is 2.30. The Kier molecular flexibility index (Phi) is 2.74. The minimum absolute atomic E-state index is 0.0722. The predicted molar refractivity (Wildman–Crippen MR) is 78.9 cm³/mol. The maximum absolute atomic E-state index is 12.3. The fourth-order valence-corrected chi connectivity index (χ4v) is 3.03. The van der Waals surface area contributed by atoms with Gasteiger partial charge in [-0.05, 0) is 25.0 Å². The Morgan fingerprint density at radius 3 is 2.86 bits per heavy atom. The highest BCUT2D eigenvalue weighted by molar-refractivity contribution is 5.98. The van der Waals surface area contributed by atoms with Gasteiger partial charge in [0, 0.05) is 29.9 Å². The summed E-state index contributed by atoms with van der Waals surface area (Å²) in [5.74, 6) is 0.0288. The average Bonchev–Trinajstić information content (AvgIpc) is 3.11. The Bertz CT molecular complexity index is 684. The lowest BCUT2D eigenvalue weighted by atomic mass is 10.2. The monoisotopic (exact) mass is 283 g/mol. The van der Waals surface area contributed by atoms with Crippen LogP contribution in [0.4, 0.5) is 0 Å². The number of aromatic amines is 1. The molecule has 2 aliphatic rings. The summed E-state index contributed by atoms with van der Waals surface area (Å²) in [6, 6.07) is 9.99. The second kappa shape index (κ2) is 4.62. The number of carbonyl (C=O) groups is 2. The summed E-state index contributed by atoms with van der Waals surface area (Å²) in [4.78, 5) is 29.2. The third-order valence-electron chi connectivity index (χ3n) is 4.26. The Labute approximate surface area is 122 Å². The van der Waals surface area contributed by atoms with E-state index in [2.05, 4.69) is 10.3 Å². The van der Waals surface area contributed by atoms with Crippen molar-refractivity contribution in [2.24, 2.45) is 0 Å². The molecule has 0 spiro atoms. The number of hydrogen-bond acceptors (Lipinski definition) is 2. The molecule has 2 fully saturated rings. The van der Waals surface area contributed by atoms with Crippen LogP contribution < -0.4 is 5.32 Å². The number of carbonyl (C=O) groups excluding carboxylic acids is 2. The van der Waals surface area contributed by atoms with Crippen LogP contribution in [0.3, 0.4) is 0 Å². The smallest absolute Gasteiger partial charge is 0.268 e. The molecule has 2 amide bonds. The third-order valence-corrected chi connectivity index (χ3v) is 4.26. The van der Waals surface area contributed by atoms with E-state index in [0.717, 1.165) is 23.7 Å². The van der Waals surface area contributed by atoms with Crippen LogP contribution in [0.2, 0.25) is 0 Å². The van der Waals surface area contributed by atoms with Crippen LogP contribution in [0.15, 0.2) is 30.3 Å². The van der Waals surface area contributed by atoms with Crippen LogP contribution in [0.1, 0.15) is 29.8 Å². The summed E-state index contributed by atoms with van der Waals surface area (Å²) in [6.07, 6.45) is 2.63. The van der Waals surface area contributed by atoms with Crippen molar-refractivity contribution in [3.05, 3.63) is 36.0 Å². The Morgan fingerprint density at radius 2 is 2.10 bits per heavy atom. The summed E-state index contributed by atoms with van der Waals surface area (Å²) >= 11 is 0. The van der Waals surface area contributed by atoms with E-state index in [1.807, 2.05) is 35.2 Å². The van der Waals surface area contributed by atoms with Crippen molar-refractivity contribution >= 4 is 22.7 Å². The quantitative estimate of drug-likeness (QED) is 0.899. The zero-order valence-corrected chi connectivity index (χ0v) is 11.6. The normalized spacial score (nSPS) is 22.0. The number of fused-ring (bicyclic) bond motifs is 1. The van der Waals surface area contributed by atoms with Crippen LogP contribution in [-0.2, 0) is 4.79 Å². The molecule has 1 aromatic carbocycles. The number of benzene rings is 1. The second-order valence-corrected chi connectivity index (χ2v) is 5.92. The van der Waals surface area contributed by atoms with Gasteiger partial charge in [-0.1, -0.05) is 18.2 Å². The summed E-state index contributed by atoms with van der Waals surface area (Å²) in [6.45, 7) is 0.648. The fraction of sp³-hybridized carbons (Fsp3) is 0.375. The lowest BCUT2D eigenvalue weighted by Crippen LogP contribution is -2.37. The SMILES string of the molecule is O=C(N[C@H]1CC(=O)N(C2CC2)C1)c1cc2ccccc2[nH]1. The van der Waals surface area contributed by atoms with Gasteiger partial charge in [0.1, 0.15) is 5.69 Å². The van der Waals surface area contributed by atoms with Crippen LogP contribution in [0.25, 0.3) is 10.9 Å². The first-order valence-electron chi connectivity index (χ1n) is 7.39. The van der Waals surface area contributed by atoms with Gasteiger partial charge in [0.05, 0.1) is 6.04 Å². The third kappa shape index (κ3) is 2.28. The molecular formula is C16H17N3O2. The molecule has 1 aliphatic heterocycles. The van der Waals surface area contributed by atoms with Crippen molar-refractivity contribution in [1.29, 1.82) is 0 Å². The number of likely N-dealkylation sites (tertiary alicyclic amines) is 1. The maximum atomic E-state index is 12.3. The summed E-state index contributed by atoms with van der Waals surface area (Å²) in [7, 11) is 0. The van der Waals surface area contributed by atoms with E-state index >= 15 is 0 Å². The van der Waals surface area contributed by atoms with Crippen molar-refractivity contribution in [1.82, 2.24) is 15.2 Å². The Balaban J connectivity index is 1.47. The number of rotatable bonds is 3. The molecule has 1 atom stereocenters. The molecule has 5 heteroatoms. The fourth-order valence-electron chi connectivity index (χ4n) is 3.03. The average molecular weight is 283 g/mol. The molecule has 0 radical (unpaired) electrons. The van der Waals surface area contributed by atoms with Crippen molar-refractivity contribution in [3.8, 4) is 0 Å². The molecule has 21 heavy (non-hydrogen) atoms. The Morgan fingerprint density at radius 1 is 1.29 bits per heavy atom. The predicted octanol–water partition coefficient (Wildman–Crippen LogP) is 1.66. The van der Waals surface area contributed by atoms with Gasteiger partial charge in [0.2, 0.25) is 5.91 Å². The van der Waals surface area contributed by atoms with E-state index in [0.29, 0.717) is 24.7 Å². The van der Waals surface area contributed by atoms with Gasteiger partial charge in [-0.3, -0.25) is 9.59 Å². The molecular weight excluding hydrogens is 266 g/mol. The van der Waals surface area contributed by atoms with E-state index in [1.165, 1.54) is 0 Å². The molecule has 1 saturated heterocycles. The highest BCUT2D eigenvalue weighted by atomic mass is 16.2. The van der Waals surface area contributed by atoms with Crippen LogP contribution in [-0.4, -0.2) is 40.3 Å². The van der Waals surface area contributed by atoms with Crippen molar-refractivity contribution < 1.29 is 9.59 Å². The lowest BCUT2D eigenvalue weighted by molar-refractivity contribution is -0.128. The summed E-state index contributed by atoms with van der Waals surface area (Å²) in [5.41, 5.74) is 1.50. The molecule has 108 valence electrons. The number of H-pyrrole nitrogens is 1. The van der Waals surface area contributed by atoms with Crippen molar-refractivity contribution in [2.75, 3.05) is 6.54 Å². The van der Waals surface area contributed by atoms with Crippen LogP contribution in [0, 0.1) is 0 Å². The number of nitrogens with zero attached hydrogens (tertiary/aromatic N) is 1. The first-order chi connectivity index (χ1) is 10.2. The first-order valence-corrected chi connectivity index (χ1v) is 7.39. The van der Waals surface area contributed by atoms with Gasteiger partial charge >= 0.3 is 0 Å². The van der Waals surface area contributed by atoms with Gasteiger partial charge < -0.3 is 15.2 Å². The van der Waals surface area contributed by atoms with Crippen molar-refractivity contribution in [3.63, 3.8) is 0 Å². The molecule has 5 nitrogen and oxygen atoms in total. The van der Waals surface area contributed by atoms with Crippen LogP contribution >= 0.6 is 0 Å². The zero-order valence-electron chi connectivity index (χ0n) is 11.6. The van der Waals surface area contributed by atoms with Gasteiger partial charge in [-0.15, -0.1) is 0 Å². The van der Waals surface area contributed by atoms with Gasteiger partial charge in [0.25, 0.3) is 5.91 Å². The molecule has 2 aromatic rings. The van der Waals surface area contributed by atoms with E-state index in [9.17, 15) is 9.59 Å². The second-order valence-electron chi connectivity index (χ2n) is 5.92. The molecule has 2 heterocycles. The molecule has 0 unspecified atom stereocenters. The molecule has 2 N–H and O–H groups in total. The molecule has 1 saturated carbocycles. The number of nitrogens with one attached hydrogen (secondary N) is 2. The van der Waals surface area contributed by atoms with Gasteiger partial charge in [0.15, 0.2) is 0 Å². The van der Waals surface area contributed by atoms with E-state index in [4.69, 9.17) is 0 Å². The van der Waals surface area contributed by atoms with Crippen molar-refractivity contribution in [2.45, 2.75) is 31.3 Å². The van der Waals surface area contributed by atoms with Gasteiger partial charge in [-0.25, -0.2) is 0 Å². The van der Waals surface area contributed by atoms with E-state index in [-0.39, 0.29) is 17.9 Å². The Hall–Kier alpha value is -2.30. The molecule has 1 aliphatic carbocycles. The van der Waals surface area contributed by atoms with Crippen LogP contribution in [0.5, 0.6) is 0 Å². The number of hydrogen-bond donors (Lipinski definition) is 2. The zero-order chi connectivity index (χ0) is 14.4. The minimum Gasteiger partial charge on any atom is -0.351 e.